The van der Waals surface area contributed by atoms with Crippen molar-refractivity contribution in [3.63, 3.8) is 0 Å². The maximum atomic E-state index is 11.4. The van der Waals surface area contributed by atoms with Crippen LogP contribution in [0.2, 0.25) is 0 Å². The molecule has 1 aliphatic heterocycles. The quantitative estimate of drug-likeness (QED) is 0.444. The van der Waals surface area contributed by atoms with Crippen LogP contribution in [0.3, 0.4) is 0 Å². The molecule has 0 aromatic carbocycles. The molecule has 1 saturated heterocycles. The van der Waals surface area contributed by atoms with Gasteiger partial charge in [0.15, 0.2) is 0 Å². The fourth-order valence-corrected chi connectivity index (χ4v) is 1.85. The first-order valence-electron chi connectivity index (χ1n) is 7.15. The molecule has 5 heteroatoms. The molecule has 0 saturated carbocycles. The van der Waals surface area contributed by atoms with Gasteiger partial charge in [0.25, 0.3) is 0 Å². The number of allylic oxidation sites excluding steroid dienone is 2. The molecular weight excluding hydrogens is 270 g/mol. The van der Waals surface area contributed by atoms with Crippen LogP contribution in [0.4, 0.5) is 0 Å². The van der Waals surface area contributed by atoms with Gasteiger partial charge in [-0.1, -0.05) is 13.0 Å². The number of methoxy groups -OCH3 is 2. The Balaban J connectivity index is 0.000000690. The third kappa shape index (κ3) is 8.89. The second kappa shape index (κ2) is 10.9. The van der Waals surface area contributed by atoms with Crippen molar-refractivity contribution in [2.24, 2.45) is 5.92 Å². The first-order chi connectivity index (χ1) is 9.94. The summed E-state index contributed by atoms with van der Waals surface area (Å²) < 4.78 is 9.25. The van der Waals surface area contributed by atoms with E-state index in [1.807, 2.05) is 24.0 Å². The minimum atomic E-state index is -0.245. The molecule has 1 heterocycles. The summed E-state index contributed by atoms with van der Waals surface area (Å²) in [4.78, 5) is 23.0. The second-order valence-corrected chi connectivity index (χ2v) is 4.87. The summed E-state index contributed by atoms with van der Waals surface area (Å²) in [6, 6.07) is 0. The molecule has 0 aromatic rings. The third-order valence-electron chi connectivity index (χ3n) is 3.08. The number of rotatable bonds is 5. The Hall–Kier alpha value is -1.78. The minimum Gasteiger partial charge on any atom is -0.497 e. The molecule has 1 unspecified atom stereocenters. The zero-order valence-electron chi connectivity index (χ0n) is 13.7. The Labute approximate surface area is 127 Å². The normalized spacial score (nSPS) is 16.5. The Bertz CT molecular complexity index is 388. The molecule has 21 heavy (non-hydrogen) atoms. The highest BCUT2D eigenvalue weighted by Crippen LogP contribution is 2.13. The predicted octanol–water partition coefficient (Wildman–Crippen LogP) is 2.53. The van der Waals surface area contributed by atoms with E-state index in [1.54, 1.807) is 7.11 Å². The molecule has 1 rings (SSSR count). The third-order valence-corrected chi connectivity index (χ3v) is 3.08. The molecular formula is C16H27NO4. The van der Waals surface area contributed by atoms with Crippen LogP contribution in [0.1, 0.15) is 33.6 Å². The predicted molar refractivity (Wildman–Crippen MR) is 82.6 cm³/mol. The van der Waals surface area contributed by atoms with Gasteiger partial charge in [-0.2, -0.15) is 0 Å². The standard InChI is InChI=1S/C13H21NO2.C3H6O2/c1-4-12(16-3)8-7-11(2)10-14-9-5-6-13(14)15;1-3(4)5-2/h4,7-8,11H,5-6,9-10H2,1-3H3;1-2H3/b8-7-,12-4+;. The van der Waals surface area contributed by atoms with Gasteiger partial charge in [0.1, 0.15) is 5.76 Å². The van der Waals surface area contributed by atoms with Crippen LogP contribution >= 0.6 is 0 Å². The van der Waals surface area contributed by atoms with Crippen LogP contribution in [0, 0.1) is 5.92 Å². The van der Waals surface area contributed by atoms with Crippen LogP contribution in [0.15, 0.2) is 24.0 Å². The number of amides is 1. The molecule has 0 N–H and O–H groups in total. The Morgan fingerprint density at radius 1 is 1.38 bits per heavy atom. The van der Waals surface area contributed by atoms with E-state index in [1.165, 1.54) is 14.0 Å². The zero-order valence-corrected chi connectivity index (χ0v) is 13.7. The SMILES string of the molecule is C/C=C(\C=C/C(C)CN1CCCC1=O)OC.COC(C)=O. The fraction of sp³-hybridized carbons (Fsp3) is 0.625. The number of carbonyl (C=O) groups excluding carboxylic acids is 2. The number of carbonyl (C=O) groups is 2. The lowest BCUT2D eigenvalue weighted by atomic mass is 10.1. The lowest BCUT2D eigenvalue weighted by Crippen LogP contribution is -2.28. The van der Waals surface area contributed by atoms with E-state index in [0.717, 1.165) is 25.3 Å². The molecule has 1 aliphatic rings. The molecule has 120 valence electrons. The fourth-order valence-electron chi connectivity index (χ4n) is 1.85. The van der Waals surface area contributed by atoms with Crippen LogP contribution in [-0.4, -0.2) is 44.1 Å². The Morgan fingerprint density at radius 3 is 2.38 bits per heavy atom. The van der Waals surface area contributed by atoms with Crippen molar-refractivity contribution in [2.45, 2.75) is 33.6 Å². The van der Waals surface area contributed by atoms with Gasteiger partial charge in [0.05, 0.1) is 14.2 Å². The lowest BCUT2D eigenvalue weighted by molar-refractivity contribution is -0.138. The van der Waals surface area contributed by atoms with Crippen LogP contribution in [-0.2, 0) is 19.1 Å². The van der Waals surface area contributed by atoms with E-state index in [9.17, 15) is 9.59 Å². The average molecular weight is 297 g/mol. The van der Waals surface area contributed by atoms with E-state index in [4.69, 9.17) is 4.74 Å². The van der Waals surface area contributed by atoms with Gasteiger partial charge in [-0.3, -0.25) is 9.59 Å². The Morgan fingerprint density at radius 2 is 2.00 bits per heavy atom. The van der Waals surface area contributed by atoms with Crippen LogP contribution < -0.4 is 0 Å². The molecule has 1 atom stereocenters. The zero-order chi connectivity index (χ0) is 16.3. The van der Waals surface area contributed by atoms with Crippen molar-refractivity contribution in [1.82, 2.24) is 4.90 Å². The molecule has 0 radical (unpaired) electrons. The molecule has 0 bridgehead atoms. The number of esters is 1. The number of likely N-dealkylation sites (tertiary alicyclic amines) is 1. The van der Waals surface area contributed by atoms with E-state index < -0.39 is 0 Å². The number of hydrogen-bond donors (Lipinski definition) is 0. The first-order valence-corrected chi connectivity index (χ1v) is 7.15. The highest BCUT2D eigenvalue weighted by atomic mass is 16.5. The highest BCUT2D eigenvalue weighted by Gasteiger charge is 2.20. The van der Waals surface area contributed by atoms with Crippen molar-refractivity contribution in [1.29, 1.82) is 0 Å². The summed E-state index contributed by atoms with van der Waals surface area (Å²) in [5, 5.41) is 0. The van der Waals surface area contributed by atoms with Gasteiger partial charge in [0, 0.05) is 26.4 Å². The van der Waals surface area contributed by atoms with E-state index in [2.05, 4.69) is 17.7 Å². The molecule has 1 amide bonds. The van der Waals surface area contributed by atoms with Gasteiger partial charge < -0.3 is 14.4 Å². The number of hydrogen-bond acceptors (Lipinski definition) is 4. The molecule has 1 fully saturated rings. The van der Waals surface area contributed by atoms with Gasteiger partial charge in [-0.15, -0.1) is 0 Å². The van der Waals surface area contributed by atoms with Gasteiger partial charge in [0.2, 0.25) is 5.91 Å². The van der Waals surface area contributed by atoms with Crippen molar-refractivity contribution >= 4 is 11.9 Å². The van der Waals surface area contributed by atoms with Crippen molar-refractivity contribution in [3.8, 4) is 0 Å². The van der Waals surface area contributed by atoms with E-state index in [0.29, 0.717) is 18.2 Å². The highest BCUT2D eigenvalue weighted by molar-refractivity contribution is 5.78. The summed E-state index contributed by atoms with van der Waals surface area (Å²) in [5.41, 5.74) is 0. The topological polar surface area (TPSA) is 55.8 Å². The summed E-state index contributed by atoms with van der Waals surface area (Å²) >= 11 is 0. The summed E-state index contributed by atoms with van der Waals surface area (Å²) in [5.74, 6) is 1.27. The summed E-state index contributed by atoms with van der Waals surface area (Å²) in [6.07, 6.45) is 7.70. The summed E-state index contributed by atoms with van der Waals surface area (Å²) in [6.45, 7) is 7.15. The van der Waals surface area contributed by atoms with Crippen LogP contribution in [0.25, 0.3) is 0 Å². The van der Waals surface area contributed by atoms with Gasteiger partial charge >= 0.3 is 5.97 Å². The van der Waals surface area contributed by atoms with Crippen molar-refractivity contribution < 1.29 is 19.1 Å². The van der Waals surface area contributed by atoms with Gasteiger partial charge in [-0.05, 0) is 31.4 Å². The number of nitrogens with zero attached hydrogens (tertiary/aromatic N) is 1. The average Bonchev–Trinajstić information content (AvgIpc) is 2.86. The molecule has 0 aromatic heterocycles. The van der Waals surface area contributed by atoms with E-state index in [-0.39, 0.29) is 5.97 Å². The first kappa shape index (κ1) is 19.2. The molecule has 0 spiro atoms. The lowest BCUT2D eigenvalue weighted by Gasteiger charge is -2.18. The van der Waals surface area contributed by atoms with Crippen molar-refractivity contribution in [3.05, 3.63) is 24.0 Å². The molecule has 5 nitrogen and oxygen atoms in total. The second-order valence-electron chi connectivity index (χ2n) is 4.87. The minimum absolute atomic E-state index is 0.245. The Kier molecular flexibility index (Phi) is 10.0. The van der Waals surface area contributed by atoms with E-state index >= 15 is 0 Å². The monoisotopic (exact) mass is 297 g/mol. The van der Waals surface area contributed by atoms with Gasteiger partial charge in [-0.25, -0.2) is 0 Å². The number of ether oxygens (including phenoxy) is 2. The molecule has 0 aliphatic carbocycles. The van der Waals surface area contributed by atoms with Crippen LogP contribution in [0.5, 0.6) is 0 Å². The maximum absolute atomic E-state index is 11.4. The summed E-state index contributed by atoms with van der Waals surface area (Å²) in [7, 11) is 3.01. The smallest absolute Gasteiger partial charge is 0.302 e. The largest absolute Gasteiger partial charge is 0.497 e. The van der Waals surface area contributed by atoms with Crippen molar-refractivity contribution in [2.75, 3.05) is 27.3 Å². The maximum Gasteiger partial charge on any atom is 0.302 e.